The minimum atomic E-state index is -0.274. The average Bonchev–Trinajstić information content (AvgIpc) is 2.30. The molecule has 4 nitrogen and oxygen atoms in total. The molecule has 3 unspecified atom stereocenters. The molecule has 98 valence electrons. The first kappa shape index (κ1) is 12.8. The van der Waals surface area contributed by atoms with Crippen LogP contribution in [0.15, 0.2) is 0 Å². The highest BCUT2D eigenvalue weighted by molar-refractivity contribution is 5.76. The van der Waals surface area contributed by atoms with Crippen LogP contribution in [0, 0.1) is 11.3 Å². The van der Waals surface area contributed by atoms with Crippen LogP contribution in [0.25, 0.3) is 0 Å². The number of carbonyl (C=O) groups excluding carboxylic acids is 1. The first-order valence-electron chi connectivity index (χ1n) is 6.68. The zero-order valence-corrected chi connectivity index (χ0v) is 10.8. The van der Waals surface area contributed by atoms with Gasteiger partial charge in [0.25, 0.3) is 0 Å². The summed E-state index contributed by atoms with van der Waals surface area (Å²) in [4.78, 5) is 11.9. The highest BCUT2D eigenvalue weighted by Gasteiger charge is 2.47. The first-order valence-corrected chi connectivity index (χ1v) is 6.68. The molecule has 0 aromatic heterocycles. The molecule has 3 N–H and O–H groups in total. The predicted octanol–water partition coefficient (Wildman–Crippen LogP) is 0.652. The fourth-order valence-electron chi connectivity index (χ4n) is 2.76. The molecule has 0 bridgehead atoms. The second-order valence-electron chi connectivity index (χ2n) is 6.11. The van der Waals surface area contributed by atoms with Gasteiger partial charge in [0.15, 0.2) is 0 Å². The number of aliphatic hydroxyl groups excluding tert-OH is 1. The predicted molar refractivity (Wildman–Crippen MR) is 66.5 cm³/mol. The number of hydrogen-bond acceptors (Lipinski definition) is 3. The van der Waals surface area contributed by atoms with Gasteiger partial charge >= 0.3 is 0 Å². The van der Waals surface area contributed by atoms with Crippen LogP contribution >= 0.6 is 0 Å². The van der Waals surface area contributed by atoms with Crippen molar-refractivity contribution in [3.8, 4) is 0 Å². The van der Waals surface area contributed by atoms with Gasteiger partial charge in [0.05, 0.1) is 6.10 Å². The maximum atomic E-state index is 11.9. The molecule has 0 spiro atoms. The lowest BCUT2D eigenvalue weighted by atomic mass is 9.64. The number of hydrogen-bond donors (Lipinski definition) is 3. The zero-order chi connectivity index (χ0) is 12.5. The summed E-state index contributed by atoms with van der Waals surface area (Å²) in [6.45, 7) is 6.06. The monoisotopic (exact) mass is 240 g/mol. The topological polar surface area (TPSA) is 61.4 Å². The number of piperidine rings is 1. The van der Waals surface area contributed by atoms with Gasteiger partial charge in [0, 0.05) is 17.9 Å². The lowest BCUT2D eigenvalue weighted by Gasteiger charge is -2.49. The van der Waals surface area contributed by atoms with E-state index in [1.807, 2.05) is 13.8 Å². The lowest BCUT2D eigenvalue weighted by molar-refractivity contribution is -0.130. The Bertz CT molecular complexity index is 285. The van der Waals surface area contributed by atoms with Crippen LogP contribution < -0.4 is 10.6 Å². The molecule has 1 saturated heterocycles. The highest BCUT2D eigenvalue weighted by Crippen LogP contribution is 2.40. The summed E-state index contributed by atoms with van der Waals surface area (Å²) in [5.74, 6) is 0.625. The van der Waals surface area contributed by atoms with Crippen LogP contribution in [0.2, 0.25) is 0 Å². The SMILES string of the molecule is CC1(C)C(O)CC1NC(=O)CC1CCCNC1. The van der Waals surface area contributed by atoms with Crippen molar-refractivity contribution in [1.82, 2.24) is 10.6 Å². The summed E-state index contributed by atoms with van der Waals surface area (Å²) in [7, 11) is 0. The van der Waals surface area contributed by atoms with Gasteiger partial charge in [-0.1, -0.05) is 13.8 Å². The standard InChI is InChI=1S/C13H24N2O2/c1-13(2)10(7-11(13)16)15-12(17)6-9-4-3-5-14-8-9/h9-11,14,16H,3-8H2,1-2H3,(H,15,17). The molecule has 2 aliphatic rings. The summed E-state index contributed by atoms with van der Waals surface area (Å²) in [6.07, 6.45) is 3.36. The summed E-state index contributed by atoms with van der Waals surface area (Å²) < 4.78 is 0. The molecular weight excluding hydrogens is 216 g/mol. The second kappa shape index (κ2) is 4.94. The number of amides is 1. The van der Waals surface area contributed by atoms with E-state index < -0.39 is 0 Å². The van der Waals surface area contributed by atoms with E-state index in [0.717, 1.165) is 19.5 Å². The smallest absolute Gasteiger partial charge is 0.220 e. The third kappa shape index (κ3) is 2.80. The normalized spacial score (nSPS) is 36.1. The van der Waals surface area contributed by atoms with E-state index in [-0.39, 0.29) is 23.5 Å². The Labute approximate surface area is 103 Å². The third-order valence-electron chi connectivity index (χ3n) is 4.42. The van der Waals surface area contributed by atoms with E-state index in [1.54, 1.807) is 0 Å². The molecule has 1 heterocycles. The molecule has 2 fully saturated rings. The summed E-state index contributed by atoms with van der Waals surface area (Å²) in [5, 5.41) is 16.0. The lowest BCUT2D eigenvalue weighted by Crippen LogP contribution is -2.61. The van der Waals surface area contributed by atoms with Crippen molar-refractivity contribution in [3.63, 3.8) is 0 Å². The molecule has 2 rings (SSSR count). The number of rotatable bonds is 3. The van der Waals surface area contributed by atoms with Gasteiger partial charge in [-0.15, -0.1) is 0 Å². The maximum Gasteiger partial charge on any atom is 0.220 e. The Hall–Kier alpha value is -0.610. The number of aliphatic hydroxyl groups is 1. The van der Waals surface area contributed by atoms with Crippen LogP contribution in [0.5, 0.6) is 0 Å². The Morgan fingerprint density at radius 1 is 1.53 bits per heavy atom. The summed E-state index contributed by atoms with van der Waals surface area (Å²) in [6, 6.07) is 0.140. The van der Waals surface area contributed by atoms with E-state index >= 15 is 0 Å². The minimum absolute atomic E-state index is 0.140. The van der Waals surface area contributed by atoms with Crippen molar-refractivity contribution in [1.29, 1.82) is 0 Å². The number of carbonyl (C=O) groups is 1. The average molecular weight is 240 g/mol. The molecule has 1 saturated carbocycles. The molecule has 0 aromatic rings. The molecule has 1 aliphatic heterocycles. The Morgan fingerprint density at radius 3 is 2.82 bits per heavy atom. The van der Waals surface area contributed by atoms with E-state index in [2.05, 4.69) is 10.6 Å². The van der Waals surface area contributed by atoms with Crippen LogP contribution in [0.4, 0.5) is 0 Å². The quantitative estimate of drug-likeness (QED) is 0.679. The van der Waals surface area contributed by atoms with Crippen molar-refractivity contribution in [3.05, 3.63) is 0 Å². The molecule has 4 heteroatoms. The van der Waals surface area contributed by atoms with E-state index in [9.17, 15) is 9.90 Å². The molecule has 1 amide bonds. The second-order valence-corrected chi connectivity index (χ2v) is 6.11. The molecule has 0 aromatic carbocycles. The molecule has 0 radical (unpaired) electrons. The van der Waals surface area contributed by atoms with E-state index in [1.165, 1.54) is 6.42 Å². The summed E-state index contributed by atoms with van der Waals surface area (Å²) in [5.41, 5.74) is -0.166. The van der Waals surface area contributed by atoms with Crippen LogP contribution in [-0.2, 0) is 4.79 Å². The van der Waals surface area contributed by atoms with Crippen molar-refractivity contribution < 1.29 is 9.90 Å². The molecule has 3 atom stereocenters. The van der Waals surface area contributed by atoms with Gasteiger partial charge in [0.2, 0.25) is 5.91 Å². The van der Waals surface area contributed by atoms with Crippen molar-refractivity contribution in [2.45, 2.75) is 51.7 Å². The largest absolute Gasteiger partial charge is 0.392 e. The first-order chi connectivity index (χ1) is 8.00. The fourth-order valence-corrected chi connectivity index (χ4v) is 2.76. The van der Waals surface area contributed by atoms with Crippen LogP contribution in [0.3, 0.4) is 0 Å². The van der Waals surface area contributed by atoms with E-state index in [4.69, 9.17) is 0 Å². The van der Waals surface area contributed by atoms with Crippen molar-refractivity contribution in [2.24, 2.45) is 11.3 Å². The van der Waals surface area contributed by atoms with Gasteiger partial charge < -0.3 is 15.7 Å². The molecular formula is C13H24N2O2. The molecule has 1 aliphatic carbocycles. The van der Waals surface area contributed by atoms with E-state index in [0.29, 0.717) is 18.8 Å². The highest BCUT2D eigenvalue weighted by atomic mass is 16.3. The Balaban J connectivity index is 1.74. The van der Waals surface area contributed by atoms with Crippen molar-refractivity contribution >= 4 is 5.91 Å². The molecule has 17 heavy (non-hydrogen) atoms. The Morgan fingerprint density at radius 2 is 2.29 bits per heavy atom. The Kier molecular flexibility index (Phi) is 3.73. The minimum Gasteiger partial charge on any atom is -0.392 e. The van der Waals surface area contributed by atoms with Crippen LogP contribution in [0.1, 0.15) is 39.5 Å². The third-order valence-corrected chi connectivity index (χ3v) is 4.42. The van der Waals surface area contributed by atoms with Crippen molar-refractivity contribution in [2.75, 3.05) is 13.1 Å². The fraction of sp³-hybridized carbons (Fsp3) is 0.923. The van der Waals surface area contributed by atoms with Gasteiger partial charge in [0.1, 0.15) is 0 Å². The van der Waals surface area contributed by atoms with Gasteiger partial charge in [-0.3, -0.25) is 4.79 Å². The van der Waals surface area contributed by atoms with Gasteiger partial charge in [-0.25, -0.2) is 0 Å². The van der Waals surface area contributed by atoms with Gasteiger partial charge in [-0.2, -0.15) is 0 Å². The zero-order valence-electron chi connectivity index (χ0n) is 10.8. The number of nitrogens with one attached hydrogen (secondary N) is 2. The summed E-state index contributed by atoms with van der Waals surface area (Å²) >= 11 is 0. The maximum absolute atomic E-state index is 11.9. The van der Waals surface area contributed by atoms with Gasteiger partial charge in [-0.05, 0) is 38.3 Å². The van der Waals surface area contributed by atoms with Crippen LogP contribution in [-0.4, -0.2) is 36.2 Å².